The molecule has 0 atom stereocenters. The lowest BCUT2D eigenvalue weighted by atomic mass is 10.1. The molecule has 0 fully saturated rings. The van der Waals surface area contributed by atoms with E-state index < -0.39 is 5.97 Å². The molecule has 0 saturated carbocycles. The molecule has 23 heavy (non-hydrogen) atoms. The van der Waals surface area contributed by atoms with Gasteiger partial charge in [0.25, 0.3) is 0 Å². The van der Waals surface area contributed by atoms with Gasteiger partial charge in [0.05, 0.1) is 30.8 Å². The fourth-order valence-corrected chi connectivity index (χ4v) is 2.04. The molecule has 3 N–H and O–H groups in total. The zero-order valence-corrected chi connectivity index (χ0v) is 13.2. The molecular formula is C18H20N2O3. The van der Waals surface area contributed by atoms with Crippen molar-refractivity contribution in [1.82, 2.24) is 0 Å². The Morgan fingerprint density at radius 1 is 1.22 bits per heavy atom. The summed E-state index contributed by atoms with van der Waals surface area (Å²) in [7, 11) is 1.58. The summed E-state index contributed by atoms with van der Waals surface area (Å²) in [6.45, 7) is 2.09. The molecule has 2 rings (SSSR count). The van der Waals surface area contributed by atoms with Gasteiger partial charge in [-0.3, -0.25) is 0 Å². The minimum absolute atomic E-state index is 0.322. The van der Waals surface area contributed by atoms with Crippen molar-refractivity contribution in [3.8, 4) is 5.75 Å². The van der Waals surface area contributed by atoms with Crippen molar-refractivity contribution in [2.45, 2.75) is 6.92 Å². The summed E-state index contributed by atoms with van der Waals surface area (Å²) in [5, 5.41) is 3.18. The highest BCUT2D eigenvalue weighted by molar-refractivity contribution is 5.95. The fraction of sp³-hybridized carbons (Fsp3) is 0.167. The summed E-state index contributed by atoms with van der Waals surface area (Å²) < 4.78 is 10.1. The molecule has 5 heteroatoms. The normalized spacial score (nSPS) is 11.0. The first-order valence-electron chi connectivity index (χ1n) is 7.28. The Labute approximate surface area is 135 Å². The standard InChI is InChI=1S/C18H20N2O3/c1-3-23-18(21)12-17(13-7-5-4-6-8-13)20-16-10-9-14(22-2)11-15(16)19/h4-12,20H,3,19H2,1-2H3/b17-12-. The zero-order valence-electron chi connectivity index (χ0n) is 13.2. The molecule has 0 aliphatic rings. The number of hydrogen-bond acceptors (Lipinski definition) is 5. The van der Waals surface area contributed by atoms with Crippen molar-refractivity contribution in [3.05, 3.63) is 60.2 Å². The van der Waals surface area contributed by atoms with Crippen LogP contribution in [0.25, 0.3) is 5.70 Å². The first-order chi connectivity index (χ1) is 11.1. The maximum absolute atomic E-state index is 11.8. The number of nitrogens with one attached hydrogen (secondary N) is 1. The van der Waals surface area contributed by atoms with Crippen molar-refractivity contribution < 1.29 is 14.3 Å². The van der Waals surface area contributed by atoms with Gasteiger partial charge in [0.2, 0.25) is 0 Å². The lowest BCUT2D eigenvalue weighted by molar-refractivity contribution is -0.137. The molecule has 0 bridgehead atoms. The molecule has 0 aliphatic carbocycles. The fourth-order valence-electron chi connectivity index (χ4n) is 2.04. The highest BCUT2D eigenvalue weighted by Crippen LogP contribution is 2.27. The van der Waals surface area contributed by atoms with Gasteiger partial charge in [0.1, 0.15) is 5.75 Å². The Hall–Kier alpha value is -2.95. The average molecular weight is 312 g/mol. The van der Waals surface area contributed by atoms with Crippen molar-refractivity contribution in [2.24, 2.45) is 0 Å². The van der Waals surface area contributed by atoms with Crippen LogP contribution in [0.1, 0.15) is 12.5 Å². The number of ether oxygens (including phenoxy) is 2. The van der Waals surface area contributed by atoms with E-state index in [-0.39, 0.29) is 0 Å². The Balaban J connectivity index is 2.33. The van der Waals surface area contributed by atoms with Crippen molar-refractivity contribution >= 4 is 23.0 Å². The van der Waals surface area contributed by atoms with Gasteiger partial charge < -0.3 is 20.5 Å². The lowest BCUT2D eigenvalue weighted by Crippen LogP contribution is -2.07. The number of methoxy groups -OCH3 is 1. The molecule has 0 aromatic heterocycles. The van der Waals surface area contributed by atoms with Gasteiger partial charge in [0.15, 0.2) is 0 Å². The van der Waals surface area contributed by atoms with Gasteiger partial charge in [0, 0.05) is 12.1 Å². The van der Waals surface area contributed by atoms with E-state index >= 15 is 0 Å². The second kappa shape index (κ2) is 7.89. The van der Waals surface area contributed by atoms with E-state index in [9.17, 15) is 4.79 Å². The molecule has 0 aliphatic heterocycles. The van der Waals surface area contributed by atoms with Gasteiger partial charge in [-0.1, -0.05) is 30.3 Å². The van der Waals surface area contributed by atoms with E-state index in [1.165, 1.54) is 6.08 Å². The maximum Gasteiger partial charge on any atom is 0.332 e. The average Bonchev–Trinajstić information content (AvgIpc) is 2.57. The van der Waals surface area contributed by atoms with Crippen LogP contribution < -0.4 is 15.8 Å². The van der Waals surface area contributed by atoms with E-state index in [0.717, 1.165) is 5.56 Å². The van der Waals surface area contributed by atoms with E-state index in [1.54, 1.807) is 32.2 Å². The van der Waals surface area contributed by atoms with Crippen LogP contribution in [0.3, 0.4) is 0 Å². The van der Waals surface area contributed by atoms with Gasteiger partial charge in [-0.15, -0.1) is 0 Å². The smallest absolute Gasteiger partial charge is 0.332 e. The minimum atomic E-state index is -0.411. The second-order valence-corrected chi connectivity index (χ2v) is 4.75. The van der Waals surface area contributed by atoms with E-state index in [4.69, 9.17) is 15.2 Å². The SMILES string of the molecule is CCOC(=O)/C=C(\Nc1ccc(OC)cc1N)c1ccccc1. The highest BCUT2D eigenvalue weighted by atomic mass is 16.5. The Bertz CT molecular complexity index is 697. The quantitative estimate of drug-likeness (QED) is 0.486. The van der Waals surface area contributed by atoms with Crippen molar-refractivity contribution in [2.75, 3.05) is 24.8 Å². The van der Waals surface area contributed by atoms with Gasteiger partial charge in [-0.2, -0.15) is 0 Å². The van der Waals surface area contributed by atoms with Gasteiger partial charge in [-0.05, 0) is 24.6 Å². The number of nitrogens with two attached hydrogens (primary N) is 1. The number of hydrogen-bond donors (Lipinski definition) is 2. The number of carbonyl (C=O) groups excluding carboxylic acids is 1. The number of carbonyl (C=O) groups is 1. The van der Waals surface area contributed by atoms with Crippen molar-refractivity contribution in [3.63, 3.8) is 0 Å². The summed E-state index contributed by atoms with van der Waals surface area (Å²) in [5.41, 5.74) is 8.70. The van der Waals surface area contributed by atoms with Crippen LogP contribution in [0.2, 0.25) is 0 Å². The lowest BCUT2D eigenvalue weighted by Gasteiger charge is -2.14. The number of nitrogen functional groups attached to an aromatic ring is 1. The molecule has 0 spiro atoms. The van der Waals surface area contributed by atoms with Crippen LogP contribution in [0.5, 0.6) is 5.75 Å². The number of benzene rings is 2. The molecule has 0 radical (unpaired) electrons. The maximum atomic E-state index is 11.8. The summed E-state index contributed by atoms with van der Waals surface area (Å²) in [5.74, 6) is 0.259. The van der Waals surface area contributed by atoms with Crippen molar-refractivity contribution in [1.29, 1.82) is 0 Å². The first kappa shape index (κ1) is 16.4. The molecular weight excluding hydrogens is 292 g/mol. The molecule has 2 aromatic rings. The summed E-state index contributed by atoms with van der Waals surface area (Å²) in [4.78, 5) is 11.8. The van der Waals surface area contributed by atoms with E-state index in [1.807, 2.05) is 30.3 Å². The number of esters is 1. The molecule has 0 saturated heterocycles. The summed E-state index contributed by atoms with van der Waals surface area (Å²) in [6.07, 6.45) is 1.42. The van der Waals surface area contributed by atoms with Crippen LogP contribution in [-0.2, 0) is 9.53 Å². The predicted octanol–water partition coefficient (Wildman–Crippen LogP) is 3.29. The molecule has 2 aromatic carbocycles. The predicted molar refractivity (Wildman–Crippen MR) is 92.1 cm³/mol. The highest BCUT2D eigenvalue weighted by Gasteiger charge is 2.08. The summed E-state index contributed by atoms with van der Waals surface area (Å²) >= 11 is 0. The van der Waals surface area contributed by atoms with E-state index in [0.29, 0.717) is 29.4 Å². The van der Waals surface area contributed by atoms with E-state index in [2.05, 4.69) is 5.32 Å². The van der Waals surface area contributed by atoms with Crippen LogP contribution >= 0.6 is 0 Å². The Kier molecular flexibility index (Phi) is 5.63. The van der Waals surface area contributed by atoms with Gasteiger partial charge in [-0.25, -0.2) is 4.79 Å². The molecule has 0 heterocycles. The van der Waals surface area contributed by atoms with Crippen LogP contribution in [0.15, 0.2) is 54.6 Å². The third-order valence-electron chi connectivity index (χ3n) is 3.16. The Morgan fingerprint density at radius 2 is 1.96 bits per heavy atom. The topological polar surface area (TPSA) is 73.6 Å². The number of anilines is 2. The Morgan fingerprint density at radius 3 is 2.57 bits per heavy atom. The third-order valence-corrected chi connectivity index (χ3v) is 3.16. The van der Waals surface area contributed by atoms with Crippen LogP contribution in [0, 0.1) is 0 Å². The first-order valence-corrected chi connectivity index (χ1v) is 7.28. The molecule has 120 valence electrons. The largest absolute Gasteiger partial charge is 0.497 e. The van der Waals surface area contributed by atoms with Gasteiger partial charge >= 0.3 is 5.97 Å². The zero-order chi connectivity index (χ0) is 16.7. The summed E-state index contributed by atoms with van der Waals surface area (Å²) in [6, 6.07) is 14.8. The minimum Gasteiger partial charge on any atom is -0.497 e. The second-order valence-electron chi connectivity index (χ2n) is 4.75. The molecule has 0 amide bonds. The molecule has 5 nitrogen and oxygen atoms in total. The van der Waals surface area contributed by atoms with Crippen LogP contribution in [0.4, 0.5) is 11.4 Å². The third kappa shape index (κ3) is 4.51. The number of rotatable bonds is 6. The van der Waals surface area contributed by atoms with Crippen LogP contribution in [-0.4, -0.2) is 19.7 Å². The molecule has 0 unspecified atom stereocenters. The monoisotopic (exact) mass is 312 g/mol.